The zero-order valence-electron chi connectivity index (χ0n) is 25.8. The monoisotopic (exact) mass is 584 g/mol. The van der Waals surface area contributed by atoms with Gasteiger partial charge in [0, 0.05) is 0 Å². The molecule has 1 fully saturated rings. The first kappa shape index (κ1) is 28.2. The van der Waals surface area contributed by atoms with Gasteiger partial charge in [-0.1, -0.05) is 0 Å². The van der Waals surface area contributed by atoms with Crippen LogP contribution >= 0.6 is 0 Å². The molecule has 0 nitrogen and oxygen atoms in total. The van der Waals surface area contributed by atoms with Crippen LogP contribution in [0.25, 0.3) is 11.1 Å². The van der Waals surface area contributed by atoms with E-state index in [1.165, 1.54) is 54.4 Å². The van der Waals surface area contributed by atoms with Crippen LogP contribution in [0.4, 0.5) is 0 Å². The van der Waals surface area contributed by atoms with Crippen LogP contribution in [0.1, 0.15) is 127 Å². The molecule has 1 atom stereocenters. The molecule has 2 aromatic rings. The van der Waals surface area contributed by atoms with E-state index in [1.807, 2.05) is 6.49 Å². The van der Waals surface area contributed by atoms with Crippen molar-refractivity contribution in [2.24, 2.45) is 11.3 Å². The van der Waals surface area contributed by atoms with Crippen LogP contribution in [0.2, 0.25) is 0 Å². The molecule has 0 saturated heterocycles. The van der Waals surface area contributed by atoms with Gasteiger partial charge >= 0.3 is 242 Å². The maximum atomic E-state index is 2.71. The van der Waals surface area contributed by atoms with Crippen molar-refractivity contribution in [3.63, 3.8) is 0 Å². The summed E-state index contributed by atoms with van der Waals surface area (Å²) in [5, 5.41) is 0. The van der Waals surface area contributed by atoms with Gasteiger partial charge in [-0.25, -0.2) is 0 Å². The second kappa shape index (κ2) is 9.94. The van der Waals surface area contributed by atoms with E-state index in [2.05, 4.69) is 118 Å². The standard InChI is InChI=1S/C21H25.C10H15.C6H10.Zr/c1-20(2,3)16-7-9-18-14(12-16)11-15-13-17(21(4,5)6)8-10-19(15)18;1-8-5-6-9(7-8)10(2,3)4;1-2-4-6-5-3-1;/h7-13H,1-6H3;6-8H,1-4H3;1-5H2;. The predicted molar refractivity (Wildman–Crippen MR) is 164 cm³/mol. The first-order valence-electron chi connectivity index (χ1n) is 15.1. The number of allylic oxidation sites excluding steroid dienone is 4. The van der Waals surface area contributed by atoms with Gasteiger partial charge in [0.05, 0.1) is 0 Å². The Balaban J connectivity index is 1.80. The quantitative estimate of drug-likeness (QED) is 0.329. The van der Waals surface area contributed by atoms with Crippen molar-refractivity contribution in [1.29, 1.82) is 0 Å². The van der Waals surface area contributed by atoms with Gasteiger partial charge in [0.2, 0.25) is 0 Å². The summed E-state index contributed by atoms with van der Waals surface area (Å²) in [5.74, 6) is 0.581. The fourth-order valence-corrected chi connectivity index (χ4v) is 16.7. The Labute approximate surface area is 241 Å². The van der Waals surface area contributed by atoms with Crippen LogP contribution < -0.4 is 0 Å². The Bertz CT molecular complexity index is 1270. The normalized spacial score (nSPS) is 20.3. The minimum absolute atomic E-state index is 0.160. The molecule has 1 heteroatoms. The summed E-state index contributed by atoms with van der Waals surface area (Å²) in [5.41, 5.74) is 11.4. The van der Waals surface area contributed by atoms with Crippen LogP contribution in [-0.2, 0) is 32.1 Å². The molecular weight excluding hydrogens is 536 g/mol. The first-order valence-corrected chi connectivity index (χ1v) is 19.0. The van der Waals surface area contributed by atoms with Gasteiger partial charge in [-0.05, 0) is 0 Å². The van der Waals surface area contributed by atoms with Crippen molar-refractivity contribution in [2.45, 2.75) is 116 Å². The minimum atomic E-state index is -2.30. The van der Waals surface area contributed by atoms with Crippen LogP contribution in [0.5, 0.6) is 0 Å². The Hall–Kier alpha value is -1.33. The van der Waals surface area contributed by atoms with E-state index in [4.69, 9.17) is 0 Å². The summed E-state index contributed by atoms with van der Waals surface area (Å²) in [6.07, 6.45) is 12.3. The van der Waals surface area contributed by atoms with Gasteiger partial charge in [0.15, 0.2) is 0 Å². The molecule has 0 aliphatic heterocycles. The van der Waals surface area contributed by atoms with Crippen LogP contribution in [0.15, 0.2) is 57.4 Å². The summed E-state index contributed by atoms with van der Waals surface area (Å²) in [4.78, 5) is 0. The Morgan fingerprint density at radius 2 is 1.16 bits per heavy atom. The molecular formula is C37H50Zr. The van der Waals surface area contributed by atoms with Crippen molar-refractivity contribution in [1.82, 2.24) is 0 Å². The van der Waals surface area contributed by atoms with E-state index in [1.54, 1.807) is 16.7 Å². The average Bonchev–Trinajstić information content (AvgIpc) is 3.37. The summed E-state index contributed by atoms with van der Waals surface area (Å²) in [7, 11) is 0. The van der Waals surface area contributed by atoms with E-state index >= 15 is 0 Å². The Kier molecular flexibility index (Phi) is 7.38. The van der Waals surface area contributed by atoms with Gasteiger partial charge in [0.25, 0.3) is 0 Å². The SMILES string of the molecule is CC1C=C(C(C)(C)C)C=[C]1[Zr](=[C]1CCCCC1)[CH]1c2cc(C(C)(C)C)ccc2-c2ccc(C(C)(C)C)cc21. The van der Waals surface area contributed by atoms with Crippen LogP contribution in [-0.4, -0.2) is 3.21 Å². The topological polar surface area (TPSA) is 0 Å². The molecule has 0 N–H and O–H groups in total. The molecule has 202 valence electrons. The molecule has 1 unspecified atom stereocenters. The van der Waals surface area contributed by atoms with Crippen LogP contribution in [0.3, 0.4) is 0 Å². The number of benzene rings is 2. The number of fused-ring (bicyclic) bond motifs is 3. The predicted octanol–water partition coefficient (Wildman–Crippen LogP) is 10.6. The summed E-state index contributed by atoms with van der Waals surface area (Å²) < 4.78 is 4.47. The zero-order valence-corrected chi connectivity index (χ0v) is 28.3. The van der Waals surface area contributed by atoms with Gasteiger partial charge in [-0.2, -0.15) is 0 Å². The van der Waals surface area contributed by atoms with Gasteiger partial charge in [-0.15, -0.1) is 0 Å². The second-order valence-corrected chi connectivity index (χ2v) is 22.0. The maximum absolute atomic E-state index is 2.71. The third-order valence-corrected chi connectivity index (χ3v) is 18.3. The number of hydrogen-bond acceptors (Lipinski definition) is 0. The Morgan fingerprint density at radius 1 is 0.658 bits per heavy atom. The van der Waals surface area contributed by atoms with Crippen molar-refractivity contribution in [3.8, 4) is 11.1 Å². The average molecular weight is 586 g/mol. The van der Waals surface area contributed by atoms with Crippen molar-refractivity contribution >= 4 is 3.21 Å². The molecule has 0 bridgehead atoms. The molecule has 2 aromatic carbocycles. The molecule has 5 rings (SSSR count). The Morgan fingerprint density at radius 3 is 1.58 bits per heavy atom. The van der Waals surface area contributed by atoms with E-state index in [0.717, 1.165) is 0 Å². The molecule has 3 aliphatic carbocycles. The summed E-state index contributed by atoms with van der Waals surface area (Å²) in [6, 6.07) is 15.1. The van der Waals surface area contributed by atoms with Crippen molar-refractivity contribution in [2.75, 3.05) is 0 Å². The fraction of sp³-hybridized carbons (Fsp3) is 0.541. The van der Waals surface area contributed by atoms with E-state index in [9.17, 15) is 0 Å². The van der Waals surface area contributed by atoms with E-state index in [0.29, 0.717) is 9.54 Å². The molecule has 3 aliphatic rings. The van der Waals surface area contributed by atoms with Crippen LogP contribution in [0, 0.1) is 11.3 Å². The molecule has 0 heterocycles. The molecule has 0 aromatic heterocycles. The van der Waals surface area contributed by atoms with E-state index in [-0.39, 0.29) is 16.2 Å². The van der Waals surface area contributed by atoms with Gasteiger partial charge in [0.1, 0.15) is 0 Å². The van der Waals surface area contributed by atoms with Gasteiger partial charge < -0.3 is 0 Å². The summed E-state index contributed by atoms with van der Waals surface area (Å²) >= 11 is -2.30. The van der Waals surface area contributed by atoms with Crippen molar-refractivity contribution in [3.05, 3.63) is 79.7 Å². The molecule has 0 radical (unpaired) electrons. The van der Waals surface area contributed by atoms with Gasteiger partial charge in [-0.3, -0.25) is 0 Å². The summed E-state index contributed by atoms with van der Waals surface area (Å²) in [6.45, 7) is 23.9. The fourth-order valence-electron chi connectivity index (χ4n) is 6.82. The number of hydrogen-bond donors (Lipinski definition) is 0. The van der Waals surface area contributed by atoms with Crippen molar-refractivity contribution < 1.29 is 21.3 Å². The molecule has 0 spiro atoms. The first-order chi connectivity index (χ1) is 17.7. The third kappa shape index (κ3) is 5.23. The molecule has 0 amide bonds. The molecule has 1 saturated carbocycles. The second-order valence-electron chi connectivity index (χ2n) is 15.4. The number of rotatable bonds is 2. The zero-order chi connectivity index (χ0) is 27.6. The third-order valence-electron chi connectivity index (χ3n) is 9.28. The van der Waals surface area contributed by atoms with E-state index < -0.39 is 21.3 Å². The molecule has 38 heavy (non-hydrogen) atoms.